The molecule has 4 aromatic heterocycles. The molecule has 1 aromatic carbocycles. The summed E-state index contributed by atoms with van der Waals surface area (Å²) in [5.41, 5.74) is 4.65. The van der Waals surface area contributed by atoms with Crippen LogP contribution in [0, 0.1) is 11.7 Å². The predicted molar refractivity (Wildman–Crippen MR) is 166 cm³/mol. The molecular weight excluding hydrogens is 547 g/mol. The summed E-state index contributed by atoms with van der Waals surface area (Å²) >= 11 is 0. The van der Waals surface area contributed by atoms with Crippen LogP contribution in [0.4, 0.5) is 10.2 Å². The van der Waals surface area contributed by atoms with Crippen LogP contribution in [0.1, 0.15) is 31.4 Å². The van der Waals surface area contributed by atoms with Crippen LogP contribution in [0.2, 0.25) is 0 Å². The van der Waals surface area contributed by atoms with Gasteiger partial charge in [0.1, 0.15) is 23.0 Å². The van der Waals surface area contributed by atoms with Gasteiger partial charge in [0.2, 0.25) is 0 Å². The van der Waals surface area contributed by atoms with Crippen LogP contribution < -0.4 is 9.64 Å². The molecule has 1 atom stereocenters. The molecule has 1 saturated heterocycles. The summed E-state index contributed by atoms with van der Waals surface area (Å²) in [5, 5.41) is 9.26. The molecule has 10 nitrogen and oxygen atoms in total. The number of anilines is 1. The van der Waals surface area contributed by atoms with Gasteiger partial charge in [-0.25, -0.2) is 14.1 Å². The lowest BCUT2D eigenvalue weighted by Crippen LogP contribution is -2.32. The third-order valence-electron chi connectivity index (χ3n) is 8.47. The Morgan fingerprint density at radius 3 is 2.63 bits per heavy atom. The Kier molecular flexibility index (Phi) is 8.27. The number of pyridine rings is 2. The monoisotopic (exact) mass is 586 g/mol. The summed E-state index contributed by atoms with van der Waals surface area (Å²) in [6.45, 7) is 5.99. The maximum Gasteiger partial charge on any atom is 0.261 e. The molecule has 0 radical (unpaired) electrons. The van der Waals surface area contributed by atoms with E-state index < -0.39 is 0 Å². The number of hydrogen-bond donors (Lipinski definition) is 0. The number of likely N-dealkylation sites (N-methyl/N-ethyl adjacent to an activating group) is 2. The highest BCUT2D eigenvalue weighted by molar-refractivity contribution is 6.05. The SMILES string of the molecule is CCN(CCN(C)C)c1ccc2c3ncc(-c4c(OC)nnn4C)cc3n([C@H](c3ccccc3F)C3CCOCC3)c2n1. The summed E-state index contributed by atoms with van der Waals surface area (Å²) in [4.78, 5) is 14.7. The first kappa shape index (κ1) is 29.0. The van der Waals surface area contributed by atoms with Gasteiger partial charge < -0.3 is 23.8 Å². The van der Waals surface area contributed by atoms with Gasteiger partial charge in [-0.3, -0.25) is 4.98 Å². The molecule has 1 aliphatic heterocycles. The van der Waals surface area contributed by atoms with Crippen molar-refractivity contribution in [1.29, 1.82) is 0 Å². The van der Waals surface area contributed by atoms with Crippen LogP contribution in [0.3, 0.4) is 0 Å². The Hall–Kier alpha value is -4.09. The number of benzene rings is 1. The van der Waals surface area contributed by atoms with Crippen LogP contribution in [0.5, 0.6) is 5.88 Å². The fourth-order valence-electron chi connectivity index (χ4n) is 6.24. The highest BCUT2D eigenvalue weighted by Gasteiger charge is 2.33. The Balaban J connectivity index is 1.64. The molecule has 0 saturated carbocycles. The third-order valence-corrected chi connectivity index (χ3v) is 8.47. The number of halogens is 1. The number of hydrogen-bond acceptors (Lipinski definition) is 8. The lowest BCUT2D eigenvalue weighted by molar-refractivity contribution is 0.0548. The van der Waals surface area contributed by atoms with Crippen molar-refractivity contribution in [2.24, 2.45) is 13.0 Å². The molecular formula is C32H39FN8O2. The second kappa shape index (κ2) is 12.3. The number of rotatable bonds is 10. The number of methoxy groups -OCH3 is 1. The molecule has 43 heavy (non-hydrogen) atoms. The van der Waals surface area contributed by atoms with Crippen molar-refractivity contribution in [3.05, 3.63) is 60.0 Å². The molecule has 1 aliphatic rings. The van der Waals surface area contributed by atoms with Crippen LogP contribution in [-0.4, -0.2) is 88.5 Å². The van der Waals surface area contributed by atoms with Gasteiger partial charge >= 0.3 is 0 Å². The smallest absolute Gasteiger partial charge is 0.261 e. The highest BCUT2D eigenvalue weighted by atomic mass is 19.1. The fraction of sp³-hybridized carbons (Fsp3) is 0.438. The minimum Gasteiger partial charge on any atom is -0.478 e. The van der Waals surface area contributed by atoms with Crippen molar-refractivity contribution >= 4 is 27.9 Å². The summed E-state index contributed by atoms with van der Waals surface area (Å²) in [6.07, 6.45) is 3.45. The Morgan fingerprint density at radius 2 is 1.91 bits per heavy atom. The van der Waals surface area contributed by atoms with Crippen molar-refractivity contribution in [1.82, 2.24) is 34.4 Å². The zero-order valence-electron chi connectivity index (χ0n) is 25.5. The van der Waals surface area contributed by atoms with E-state index in [1.807, 2.05) is 25.4 Å². The molecule has 6 rings (SSSR count). The molecule has 5 aromatic rings. The Morgan fingerprint density at radius 1 is 1.12 bits per heavy atom. The lowest BCUT2D eigenvalue weighted by atomic mass is 9.86. The summed E-state index contributed by atoms with van der Waals surface area (Å²) < 4.78 is 30.9. The molecule has 0 amide bonds. The van der Waals surface area contributed by atoms with Gasteiger partial charge in [0, 0.05) is 62.6 Å². The minimum absolute atomic E-state index is 0.141. The number of fused-ring (bicyclic) bond motifs is 3. The van der Waals surface area contributed by atoms with Gasteiger partial charge in [0.25, 0.3) is 5.88 Å². The summed E-state index contributed by atoms with van der Waals surface area (Å²) in [7, 11) is 7.56. The predicted octanol–water partition coefficient (Wildman–Crippen LogP) is 4.93. The summed E-state index contributed by atoms with van der Waals surface area (Å²) in [5.74, 6) is 1.22. The molecule has 5 heterocycles. The second-order valence-electron chi connectivity index (χ2n) is 11.4. The van der Waals surface area contributed by atoms with Gasteiger partial charge in [-0.2, -0.15) is 0 Å². The first-order valence-corrected chi connectivity index (χ1v) is 14.9. The van der Waals surface area contributed by atoms with E-state index in [4.69, 9.17) is 19.4 Å². The summed E-state index contributed by atoms with van der Waals surface area (Å²) in [6, 6.07) is 13.1. The standard InChI is InChI=1S/C32H39FN8O2/c1-6-40(16-15-38(2)3)27-12-11-24-28-26(19-22(20-34-28)30-32(42-5)36-37-39(30)4)41(31(24)35-27)29(21-13-17-43-18-14-21)23-9-7-8-10-25(23)33/h7-12,19-21,29H,6,13-18H2,1-5H3/t29-/m0/s1. The molecule has 0 unspecified atom stereocenters. The van der Waals surface area contributed by atoms with Gasteiger partial charge in [0.05, 0.1) is 24.2 Å². The van der Waals surface area contributed by atoms with E-state index in [0.29, 0.717) is 24.7 Å². The van der Waals surface area contributed by atoms with Crippen molar-refractivity contribution in [2.45, 2.75) is 25.8 Å². The molecule has 1 fully saturated rings. The maximum atomic E-state index is 15.7. The van der Waals surface area contributed by atoms with Crippen molar-refractivity contribution in [2.75, 3.05) is 59.0 Å². The zero-order valence-corrected chi connectivity index (χ0v) is 25.5. The normalized spacial score (nSPS) is 15.0. The highest BCUT2D eigenvalue weighted by Crippen LogP contribution is 2.42. The van der Waals surface area contributed by atoms with Crippen molar-refractivity contribution in [3.63, 3.8) is 0 Å². The fourth-order valence-corrected chi connectivity index (χ4v) is 6.24. The maximum absolute atomic E-state index is 15.7. The first-order valence-electron chi connectivity index (χ1n) is 14.9. The third kappa shape index (κ3) is 5.43. The molecule has 0 aliphatic carbocycles. The zero-order chi connectivity index (χ0) is 30.1. The lowest BCUT2D eigenvalue weighted by Gasteiger charge is -2.33. The number of aromatic nitrogens is 6. The molecule has 226 valence electrons. The van der Waals surface area contributed by atoms with Crippen LogP contribution in [0.15, 0.2) is 48.7 Å². The molecule has 0 bridgehead atoms. The van der Waals surface area contributed by atoms with Crippen molar-refractivity contribution < 1.29 is 13.9 Å². The number of aryl methyl sites for hydroxylation is 1. The van der Waals surface area contributed by atoms with Gasteiger partial charge in [0.15, 0.2) is 0 Å². The van der Waals surface area contributed by atoms with E-state index >= 15 is 4.39 Å². The topological polar surface area (TPSA) is 86.4 Å². The Bertz CT molecular complexity index is 1730. The molecule has 0 N–H and O–H groups in total. The van der Waals surface area contributed by atoms with E-state index in [2.05, 4.69) is 63.9 Å². The minimum atomic E-state index is -0.312. The van der Waals surface area contributed by atoms with Crippen molar-refractivity contribution in [3.8, 4) is 17.1 Å². The average Bonchev–Trinajstić information content (AvgIpc) is 3.55. The van der Waals surface area contributed by atoms with E-state index in [1.54, 1.807) is 23.9 Å². The quantitative estimate of drug-likeness (QED) is 0.228. The van der Waals surface area contributed by atoms with E-state index in [1.165, 1.54) is 0 Å². The Labute approximate surface area is 251 Å². The second-order valence-corrected chi connectivity index (χ2v) is 11.4. The van der Waals surface area contributed by atoms with Crippen LogP contribution in [-0.2, 0) is 11.8 Å². The number of ether oxygens (including phenoxy) is 2. The van der Waals surface area contributed by atoms with Gasteiger partial charge in [-0.05, 0) is 64.0 Å². The first-order chi connectivity index (χ1) is 20.9. The van der Waals surface area contributed by atoms with Crippen LogP contribution in [0.25, 0.3) is 33.3 Å². The average molecular weight is 587 g/mol. The van der Waals surface area contributed by atoms with Crippen LogP contribution >= 0.6 is 0 Å². The molecule has 11 heteroatoms. The van der Waals surface area contributed by atoms with E-state index in [0.717, 1.165) is 71.6 Å². The van der Waals surface area contributed by atoms with E-state index in [9.17, 15) is 0 Å². The largest absolute Gasteiger partial charge is 0.478 e. The van der Waals surface area contributed by atoms with E-state index in [-0.39, 0.29) is 17.8 Å². The molecule has 0 spiro atoms. The van der Waals surface area contributed by atoms with Gasteiger partial charge in [-0.1, -0.05) is 28.5 Å². The number of nitrogens with zero attached hydrogens (tertiary/aromatic N) is 8. The van der Waals surface area contributed by atoms with Gasteiger partial charge in [-0.15, -0.1) is 0 Å².